The molecule has 3 aromatic rings. The van der Waals surface area contributed by atoms with Gasteiger partial charge in [0.25, 0.3) is 0 Å². The van der Waals surface area contributed by atoms with Crippen LogP contribution in [0.2, 0.25) is 0 Å². The van der Waals surface area contributed by atoms with E-state index in [2.05, 4.69) is 22.1 Å². The number of rotatable bonds is 5. The van der Waals surface area contributed by atoms with Gasteiger partial charge in [0, 0.05) is 36.9 Å². The van der Waals surface area contributed by atoms with Crippen molar-refractivity contribution in [2.24, 2.45) is 5.92 Å². The molecule has 6 nitrogen and oxygen atoms in total. The fourth-order valence-corrected chi connectivity index (χ4v) is 5.63. The summed E-state index contributed by atoms with van der Waals surface area (Å²) in [6.45, 7) is 7.35. The first-order valence-electron chi connectivity index (χ1n) is 10.5. The third kappa shape index (κ3) is 4.13. The molecule has 0 radical (unpaired) electrons. The Morgan fingerprint density at radius 1 is 1.21 bits per heavy atom. The first kappa shape index (κ1) is 18.9. The highest BCUT2D eigenvalue weighted by molar-refractivity contribution is 7.19. The Morgan fingerprint density at radius 3 is 2.86 bits per heavy atom. The van der Waals surface area contributed by atoms with Crippen LogP contribution >= 0.6 is 11.3 Å². The minimum atomic E-state index is 0.743. The number of morpholine rings is 1. The standard InChI is InChI=1S/C22H27N5OS/c1-15-2-3-17-18(12-15)29-22-20(17)21(24-13-16-4-6-23-7-5-16)25-19(26-22)14-27-8-10-28-11-9-27/h4-7,15H,2-3,8-14H2,1H3,(H,24,25,26)/t15-/m1/s1. The van der Waals surface area contributed by atoms with Crippen LogP contribution in [-0.2, 0) is 30.7 Å². The zero-order valence-corrected chi connectivity index (χ0v) is 17.7. The number of aryl methyl sites for hydroxylation is 1. The van der Waals surface area contributed by atoms with E-state index in [1.165, 1.54) is 34.2 Å². The van der Waals surface area contributed by atoms with Crippen LogP contribution in [0.25, 0.3) is 10.2 Å². The van der Waals surface area contributed by atoms with E-state index in [-0.39, 0.29) is 0 Å². The number of fused-ring (bicyclic) bond motifs is 3. The second-order valence-corrected chi connectivity index (χ2v) is 9.20. The van der Waals surface area contributed by atoms with E-state index in [4.69, 9.17) is 14.7 Å². The Labute approximate surface area is 175 Å². The van der Waals surface area contributed by atoms with Crippen molar-refractivity contribution in [3.05, 3.63) is 46.4 Å². The first-order valence-corrected chi connectivity index (χ1v) is 11.3. The SMILES string of the molecule is C[C@@H]1CCc2c(sc3nc(CN4CCOCC4)nc(NCc4ccncc4)c23)C1. The molecule has 152 valence electrons. The number of anilines is 1. The number of hydrogen-bond acceptors (Lipinski definition) is 7. The largest absolute Gasteiger partial charge is 0.379 e. The Hall–Kier alpha value is -2.09. The van der Waals surface area contributed by atoms with Gasteiger partial charge in [-0.1, -0.05) is 6.92 Å². The predicted molar refractivity (Wildman–Crippen MR) is 116 cm³/mol. The van der Waals surface area contributed by atoms with E-state index in [0.29, 0.717) is 0 Å². The smallest absolute Gasteiger partial charge is 0.146 e. The summed E-state index contributed by atoms with van der Waals surface area (Å²) < 4.78 is 5.49. The number of nitrogens with zero attached hydrogens (tertiary/aromatic N) is 4. The maximum atomic E-state index is 5.49. The molecule has 0 amide bonds. The number of thiophene rings is 1. The second kappa shape index (κ2) is 8.34. The normalized spacial score (nSPS) is 20.0. The van der Waals surface area contributed by atoms with Gasteiger partial charge in [-0.25, -0.2) is 9.97 Å². The average Bonchev–Trinajstić information content (AvgIpc) is 3.11. The van der Waals surface area contributed by atoms with Gasteiger partial charge in [-0.3, -0.25) is 9.88 Å². The molecule has 1 aliphatic heterocycles. The van der Waals surface area contributed by atoms with E-state index < -0.39 is 0 Å². The molecular weight excluding hydrogens is 382 g/mol. The van der Waals surface area contributed by atoms with Gasteiger partial charge in [0.05, 0.1) is 25.1 Å². The van der Waals surface area contributed by atoms with Gasteiger partial charge in [-0.2, -0.15) is 0 Å². The molecule has 1 atom stereocenters. The van der Waals surface area contributed by atoms with Crippen molar-refractivity contribution in [3.63, 3.8) is 0 Å². The summed E-state index contributed by atoms with van der Waals surface area (Å²) in [5.41, 5.74) is 2.68. The van der Waals surface area contributed by atoms with Crippen molar-refractivity contribution in [3.8, 4) is 0 Å². The van der Waals surface area contributed by atoms with E-state index in [1.54, 1.807) is 0 Å². The zero-order chi connectivity index (χ0) is 19.6. The second-order valence-electron chi connectivity index (χ2n) is 8.12. The number of nitrogens with one attached hydrogen (secondary N) is 1. The molecule has 4 heterocycles. The third-order valence-electron chi connectivity index (χ3n) is 5.88. The van der Waals surface area contributed by atoms with Gasteiger partial charge in [0.1, 0.15) is 16.5 Å². The van der Waals surface area contributed by atoms with Crippen molar-refractivity contribution in [2.75, 3.05) is 31.6 Å². The summed E-state index contributed by atoms with van der Waals surface area (Å²) in [6, 6.07) is 4.09. The first-order chi connectivity index (χ1) is 14.3. The molecule has 0 unspecified atom stereocenters. The average molecular weight is 410 g/mol. The third-order valence-corrected chi connectivity index (χ3v) is 7.03. The van der Waals surface area contributed by atoms with Crippen LogP contribution in [0.15, 0.2) is 24.5 Å². The lowest BCUT2D eigenvalue weighted by atomic mass is 9.89. The van der Waals surface area contributed by atoms with Crippen molar-refractivity contribution >= 4 is 27.4 Å². The van der Waals surface area contributed by atoms with E-state index in [9.17, 15) is 0 Å². The summed E-state index contributed by atoms with van der Waals surface area (Å²) in [5.74, 6) is 2.65. The van der Waals surface area contributed by atoms with Gasteiger partial charge >= 0.3 is 0 Å². The predicted octanol–water partition coefficient (Wildman–Crippen LogP) is 3.66. The number of hydrogen-bond donors (Lipinski definition) is 1. The van der Waals surface area contributed by atoms with Crippen LogP contribution < -0.4 is 5.32 Å². The molecule has 7 heteroatoms. The van der Waals surface area contributed by atoms with Crippen LogP contribution in [0.1, 0.15) is 35.2 Å². The van der Waals surface area contributed by atoms with Crippen molar-refractivity contribution in [1.82, 2.24) is 19.9 Å². The summed E-state index contributed by atoms with van der Waals surface area (Å²) in [4.78, 5) is 19.1. The monoisotopic (exact) mass is 409 g/mol. The highest BCUT2D eigenvalue weighted by Crippen LogP contribution is 2.40. The summed E-state index contributed by atoms with van der Waals surface area (Å²) in [6.07, 6.45) is 7.22. The van der Waals surface area contributed by atoms with Crippen molar-refractivity contribution < 1.29 is 4.74 Å². The Balaban J connectivity index is 1.49. The highest BCUT2D eigenvalue weighted by Gasteiger charge is 2.24. The quantitative estimate of drug-likeness (QED) is 0.694. The molecule has 0 saturated carbocycles. The minimum Gasteiger partial charge on any atom is -0.379 e. The summed E-state index contributed by atoms with van der Waals surface area (Å²) >= 11 is 1.87. The molecule has 0 spiro atoms. The van der Waals surface area contributed by atoms with Crippen LogP contribution in [0.3, 0.4) is 0 Å². The van der Waals surface area contributed by atoms with E-state index in [1.807, 2.05) is 35.9 Å². The van der Waals surface area contributed by atoms with Crippen LogP contribution in [-0.4, -0.2) is 46.2 Å². The highest BCUT2D eigenvalue weighted by atomic mass is 32.1. The fraction of sp³-hybridized carbons (Fsp3) is 0.500. The van der Waals surface area contributed by atoms with E-state index in [0.717, 1.165) is 68.2 Å². The summed E-state index contributed by atoms with van der Waals surface area (Å²) in [7, 11) is 0. The lowest BCUT2D eigenvalue weighted by Gasteiger charge is -2.26. The van der Waals surface area contributed by atoms with Crippen molar-refractivity contribution in [2.45, 2.75) is 39.3 Å². The molecule has 0 aromatic carbocycles. The van der Waals surface area contributed by atoms with Crippen LogP contribution in [0, 0.1) is 5.92 Å². The molecule has 1 saturated heterocycles. The molecule has 0 bridgehead atoms. The van der Waals surface area contributed by atoms with Gasteiger partial charge < -0.3 is 10.1 Å². The maximum absolute atomic E-state index is 5.49. The van der Waals surface area contributed by atoms with Gasteiger partial charge in [0.15, 0.2) is 0 Å². The molecule has 1 fully saturated rings. The van der Waals surface area contributed by atoms with Gasteiger partial charge in [-0.05, 0) is 48.4 Å². The summed E-state index contributed by atoms with van der Waals surface area (Å²) in [5, 5.41) is 4.86. The Kier molecular flexibility index (Phi) is 5.44. The molecule has 2 aliphatic rings. The lowest BCUT2D eigenvalue weighted by molar-refractivity contribution is 0.0331. The van der Waals surface area contributed by atoms with Gasteiger partial charge in [-0.15, -0.1) is 11.3 Å². The van der Waals surface area contributed by atoms with Crippen molar-refractivity contribution in [1.29, 1.82) is 0 Å². The maximum Gasteiger partial charge on any atom is 0.146 e. The minimum absolute atomic E-state index is 0.743. The molecule has 1 N–H and O–H groups in total. The fourth-order valence-electron chi connectivity index (χ4n) is 4.23. The molecular formula is C22H27N5OS. The Morgan fingerprint density at radius 2 is 2.03 bits per heavy atom. The van der Waals surface area contributed by atoms with Crippen LogP contribution in [0.5, 0.6) is 0 Å². The lowest BCUT2D eigenvalue weighted by Crippen LogP contribution is -2.36. The van der Waals surface area contributed by atoms with Gasteiger partial charge in [0.2, 0.25) is 0 Å². The number of aromatic nitrogens is 3. The molecule has 5 rings (SSSR count). The molecule has 1 aliphatic carbocycles. The van der Waals surface area contributed by atoms with Crippen LogP contribution in [0.4, 0.5) is 5.82 Å². The molecule has 3 aromatic heterocycles. The zero-order valence-electron chi connectivity index (χ0n) is 16.9. The Bertz CT molecular complexity index is 984. The number of pyridine rings is 1. The number of ether oxygens (including phenoxy) is 1. The molecule has 29 heavy (non-hydrogen) atoms. The van der Waals surface area contributed by atoms with E-state index >= 15 is 0 Å². The topological polar surface area (TPSA) is 63.2 Å².